The maximum Gasteiger partial charge on any atom is 0.177 e. The van der Waals surface area contributed by atoms with E-state index in [-0.39, 0.29) is 0 Å². The molecule has 0 spiro atoms. The highest BCUT2D eigenvalue weighted by Gasteiger charge is 2.17. The van der Waals surface area contributed by atoms with Crippen molar-refractivity contribution in [3.63, 3.8) is 0 Å². The topological polar surface area (TPSA) is 87.0 Å². The highest BCUT2D eigenvalue weighted by atomic mass is 15.0. The lowest BCUT2D eigenvalue weighted by atomic mass is 10.0. The van der Waals surface area contributed by atoms with Gasteiger partial charge in [-0.1, -0.05) is 48.5 Å². The molecule has 7 heteroatoms. The van der Waals surface area contributed by atoms with E-state index in [2.05, 4.69) is 36.4 Å². The van der Waals surface area contributed by atoms with Crippen molar-refractivity contribution in [2.24, 2.45) is 0 Å². The molecule has 2 aromatic heterocycles. The molecule has 0 fully saturated rings. The molecule has 0 saturated heterocycles. The van der Waals surface area contributed by atoms with E-state index in [1.807, 2.05) is 54.6 Å². The van der Waals surface area contributed by atoms with Crippen LogP contribution in [0.4, 0.5) is 11.4 Å². The molecule has 0 saturated carbocycles. The summed E-state index contributed by atoms with van der Waals surface area (Å²) in [7, 11) is 0. The van der Waals surface area contributed by atoms with Gasteiger partial charge in [0.05, 0.1) is 41.0 Å². The third-order valence-electron chi connectivity index (χ3n) is 6.56. The Labute approximate surface area is 223 Å². The Bertz CT molecular complexity index is 2080. The minimum absolute atomic E-state index is 0.363. The summed E-state index contributed by atoms with van der Waals surface area (Å²) >= 11 is 0. The van der Waals surface area contributed by atoms with Crippen molar-refractivity contribution in [3.8, 4) is 40.3 Å². The summed E-state index contributed by atoms with van der Waals surface area (Å²) in [6.07, 6.45) is 2.92. The summed E-state index contributed by atoms with van der Waals surface area (Å²) in [6, 6.07) is 29.1. The fourth-order valence-corrected chi connectivity index (χ4v) is 4.80. The SMILES string of the molecule is [C-]#[N+]c1cc([N+]#[C-])cc(-c2ccc3c4ccccc4n(-c4ccc(-c5ncc(C#N)cn5)cc4C#N)c3c2)c1. The number of fused-ring (bicyclic) bond motifs is 3. The molecule has 0 unspecified atom stereocenters. The highest BCUT2D eigenvalue weighted by Crippen LogP contribution is 2.37. The molecule has 0 aliphatic rings. The molecule has 0 atom stereocenters. The molecule has 7 nitrogen and oxygen atoms in total. The second-order valence-corrected chi connectivity index (χ2v) is 8.80. The number of nitrogens with zero attached hydrogens (tertiary/aromatic N) is 7. The van der Waals surface area contributed by atoms with Crippen molar-refractivity contribution in [3.05, 3.63) is 125 Å². The van der Waals surface area contributed by atoms with E-state index in [0.717, 1.165) is 32.9 Å². The largest absolute Gasteiger partial charge is 0.308 e. The van der Waals surface area contributed by atoms with Crippen molar-refractivity contribution in [2.75, 3.05) is 0 Å². The number of nitriles is 2. The second kappa shape index (κ2) is 9.30. The van der Waals surface area contributed by atoms with E-state index in [0.29, 0.717) is 39.6 Å². The van der Waals surface area contributed by atoms with E-state index in [1.54, 1.807) is 24.3 Å². The van der Waals surface area contributed by atoms with Crippen molar-refractivity contribution in [1.29, 1.82) is 10.5 Å². The smallest absolute Gasteiger partial charge is 0.177 e. The van der Waals surface area contributed by atoms with Gasteiger partial charge < -0.3 is 4.57 Å². The standard InChI is InChI=1S/C32H15N7/c1-35-25-12-23(13-26(15-25)36-2)21-7-9-28-27-5-3-4-6-30(27)39(31(28)14-21)29-10-8-22(11-24(29)17-34)32-37-18-20(16-33)19-38-32/h3-15,18-19H. The van der Waals surface area contributed by atoms with Gasteiger partial charge in [-0.15, -0.1) is 0 Å². The molecule has 0 N–H and O–H groups in total. The maximum atomic E-state index is 10.2. The van der Waals surface area contributed by atoms with Crippen LogP contribution in [-0.2, 0) is 0 Å². The first-order valence-electron chi connectivity index (χ1n) is 11.8. The summed E-state index contributed by atoms with van der Waals surface area (Å²) in [4.78, 5) is 15.6. The zero-order valence-electron chi connectivity index (χ0n) is 20.3. The molecule has 0 aliphatic carbocycles. The van der Waals surface area contributed by atoms with Gasteiger partial charge in [0.15, 0.2) is 17.2 Å². The highest BCUT2D eigenvalue weighted by molar-refractivity contribution is 6.10. The van der Waals surface area contributed by atoms with Crippen molar-refractivity contribution in [1.82, 2.24) is 14.5 Å². The lowest BCUT2D eigenvalue weighted by Crippen LogP contribution is -1.99. The Balaban J connectivity index is 1.59. The molecular weight excluding hydrogens is 482 g/mol. The van der Waals surface area contributed by atoms with Crippen LogP contribution in [0.1, 0.15) is 11.1 Å². The molecule has 178 valence electrons. The minimum atomic E-state index is 0.363. The molecule has 0 bridgehead atoms. The van der Waals surface area contributed by atoms with Gasteiger partial charge in [0.2, 0.25) is 0 Å². The van der Waals surface area contributed by atoms with Crippen LogP contribution in [-0.4, -0.2) is 14.5 Å². The first-order valence-corrected chi connectivity index (χ1v) is 11.8. The van der Waals surface area contributed by atoms with Gasteiger partial charge in [-0.3, -0.25) is 0 Å². The molecule has 6 aromatic rings. The summed E-state index contributed by atoms with van der Waals surface area (Å²) in [5.74, 6) is 0.428. The molecule has 0 radical (unpaired) electrons. The average molecular weight is 498 g/mol. The predicted molar refractivity (Wildman–Crippen MR) is 149 cm³/mol. The monoisotopic (exact) mass is 497 g/mol. The van der Waals surface area contributed by atoms with Crippen LogP contribution < -0.4 is 0 Å². The number of hydrogen-bond donors (Lipinski definition) is 0. The molecule has 4 aromatic carbocycles. The second-order valence-electron chi connectivity index (χ2n) is 8.80. The molecule has 0 amide bonds. The molecule has 0 aliphatic heterocycles. The quantitative estimate of drug-likeness (QED) is 0.234. The first-order chi connectivity index (χ1) is 19.1. The van der Waals surface area contributed by atoms with Gasteiger partial charge in [0, 0.05) is 28.7 Å². The molecule has 39 heavy (non-hydrogen) atoms. The fourth-order valence-electron chi connectivity index (χ4n) is 4.80. The Morgan fingerprint density at radius 1 is 0.667 bits per heavy atom. The van der Waals surface area contributed by atoms with Crippen molar-refractivity contribution in [2.45, 2.75) is 0 Å². The fraction of sp³-hybridized carbons (Fsp3) is 0. The Hall–Kier alpha value is -6.28. The van der Waals surface area contributed by atoms with Gasteiger partial charge in [0.1, 0.15) is 12.1 Å². The molecule has 6 rings (SSSR count). The van der Waals surface area contributed by atoms with Gasteiger partial charge in [-0.25, -0.2) is 19.7 Å². The summed E-state index contributed by atoms with van der Waals surface area (Å²) in [5.41, 5.74) is 6.48. The lowest BCUT2D eigenvalue weighted by Gasteiger charge is -2.12. The third-order valence-corrected chi connectivity index (χ3v) is 6.56. The number of aromatic nitrogens is 3. The van der Waals surface area contributed by atoms with Crippen LogP contribution in [0.5, 0.6) is 0 Å². The third kappa shape index (κ3) is 3.90. The van der Waals surface area contributed by atoms with Crippen LogP contribution in [0.2, 0.25) is 0 Å². The summed E-state index contributed by atoms with van der Waals surface area (Å²) < 4.78 is 2.06. The van der Waals surface area contributed by atoms with Crippen LogP contribution in [0, 0.1) is 35.8 Å². The average Bonchev–Trinajstić information content (AvgIpc) is 3.33. The predicted octanol–water partition coefficient (Wildman–Crippen LogP) is 7.75. The number of para-hydroxylation sites is 1. The van der Waals surface area contributed by atoms with Crippen LogP contribution in [0.3, 0.4) is 0 Å². The number of benzene rings is 4. The lowest BCUT2D eigenvalue weighted by molar-refractivity contribution is 1.14. The van der Waals surface area contributed by atoms with Gasteiger partial charge in [-0.2, -0.15) is 10.5 Å². The summed E-state index contributed by atoms with van der Waals surface area (Å²) in [5, 5.41) is 21.3. The first kappa shape index (κ1) is 23.1. The summed E-state index contributed by atoms with van der Waals surface area (Å²) in [6.45, 7) is 14.9. The maximum absolute atomic E-state index is 10.2. The molecule has 2 heterocycles. The normalized spacial score (nSPS) is 10.5. The zero-order chi connectivity index (χ0) is 26.9. The van der Waals surface area contributed by atoms with E-state index in [4.69, 9.17) is 18.4 Å². The van der Waals surface area contributed by atoms with Gasteiger partial charge >= 0.3 is 0 Å². The van der Waals surface area contributed by atoms with E-state index < -0.39 is 0 Å². The molecular formula is C32H15N7. The van der Waals surface area contributed by atoms with E-state index in [9.17, 15) is 5.26 Å². The Morgan fingerprint density at radius 2 is 1.36 bits per heavy atom. The van der Waals surface area contributed by atoms with E-state index in [1.165, 1.54) is 12.4 Å². The van der Waals surface area contributed by atoms with Crippen molar-refractivity contribution >= 4 is 33.2 Å². The van der Waals surface area contributed by atoms with E-state index >= 15 is 0 Å². The number of hydrogen-bond acceptors (Lipinski definition) is 4. The van der Waals surface area contributed by atoms with Crippen LogP contribution >= 0.6 is 0 Å². The van der Waals surface area contributed by atoms with Crippen LogP contribution in [0.25, 0.3) is 59.7 Å². The minimum Gasteiger partial charge on any atom is -0.308 e. The van der Waals surface area contributed by atoms with Gasteiger partial charge in [-0.05, 0) is 41.5 Å². The van der Waals surface area contributed by atoms with Gasteiger partial charge in [0.25, 0.3) is 0 Å². The van der Waals surface area contributed by atoms with Crippen LogP contribution in [0.15, 0.2) is 91.3 Å². The van der Waals surface area contributed by atoms with Crippen molar-refractivity contribution < 1.29 is 0 Å². The number of rotatable bonds is 3. The Kier molecular flexibility index (Phi) is 5.52. The Morgan fingerprint density at radius 3 is 2.05 bits per heavy atom. The zero-order valence-corrected chi connectivity index (χ0v) is 20.3.